The van der Waals surface area contributed by atoms with Gasteiger partial charge in [-0.05, 0) is 33.3 Å². The van der Waals surface area contributed by atoms with Crippen molar-refractivity contribution in [1.82, 2.24) is 0 Å². The van der Waals surface area contributed by atoms with Gasteiger partial charge in [0, 0.05) is 30.5 Å². The molecule has 1 aliphatic rings. The van der Waals surface area contributed by atoms with Crippen molar-refractivity contribution in [3.05, 3.63) is 17.7 Å². The van der Waals surface area contributed by atoms with Crippen molar-refractivity contribution in [2.75, 3.05) is 11.9 Å². The maximum atomic E-state index is 12.0. The van der Waals surface area contributed by atoms with E-state index in [0.29, 0.717) is 30.9 Å². The van der Waals surface area contributed by atoms with Crippen LogP contribution in [0.15, 0.2) is 12.1 Å². The van der Waals surface area contributed by atoms with Crippen molar-refractivity contribution < 1.29 is 14.3 Å². The van der Waals surface area contributed by atoms with Crippen LogP contribution < -0.4 is 20.5 Å². The van der Waals surface area contributed by atoms with Crippen LogP contribution in [-0.4, -0.2) is 24.7 Å². The first-order chi connectivity index (χ1) is 9.99. The molecule has 124 valence electrons. The summed E-state index contributed by atoms with van der Waals surface area (Å²) in [5.41, 5.74) is 7.47. The lowest BCUT2D eigenvalue weighted by molar-refractivity contribution is -0.116. The van der Waals surface area contributed by atoms with Gasteiger partial charge in [0.05, 0.1) is 12.3 Å². The maximum Gasteiger partial charge on any atom is 0.224 e. The van der Waals surface area contributed by atoms with E-state index >= 15 is 0 Å². The Morgan fingerprint density at radius 1 is 1.55 bits per heavy atom. The SMILES string of the molecule is CCOc1cc2c(cc1NC(=O)CCC(C)N)OC(C)C2.Cl. The largest absolute Gasteiger partial charge is 0.492 e. The summed E-state index contributed by atoms with van der Waals surface area (Å²) in [6.07, 6.45) is 2.10. The minimum absolute atomic E-state index is 0. The van der Waals surface area contributed by atoms with E-state index in [-0.39, 0.29) is 30.5 Å². The molecule has 0 saturated carbocycles. The number of hydrogen-bond donors (Lipinski definition) is 2. The fraction of sp³-hybridized carbons (Fsp3) is 0.562. The van der Waals surface area contributed by atoms with Gasteiger partial charge in [0.2, 0.25) is 5.91 Å². The molecule has 1 aliphatic heterocycles. The first-order valence-electron chi connectivity index (χ1n) is 7.51. The standard InChI is InChI=1S/C16H24N2O3.ClH/c1-4-20-15-8-12-7-11(3)21-14(12)9-13(15)18-16(19)6-5-10(2)17;/h8-11H,4-7,17H2,1-3H3,(H,18,19);1H. The van der Waals surface area contributed by atoms with Crippen LogP contribution in [0.4, 0.5) is 5.69 Å². The number of carbonyl (C=O) groups excluding carboxylic acids is 1. The van der Waals surface area contributed by atoms with Gasteiger partial charge in [-0.15, -0.1) is 12.4 Å². The molecule has 1 heterocycles. The molecule has 1 aromatic rings. The number of benzene rings is 1. The van der Waals surface area contributed by atoms with E-state index in [2.05, 4.69) is 5.32 Å². The molecule has 0 aliphatic carbocycles. The van der Waals surface area contributed by atoms with E-state index < -0.39 is 0 Å². The molecule has 22 heavy (non-hydrogen) atoms. The Hall–Kier alpha value is -1.46. The quantitative estimate of drug-likeness (QED) is 0.842. The molecular formula is C16H25ClN2O3. The smallest absolute Gasteiger partial charge is 0.224 e. The van der Waals surface area contributed by atoms with E-state index in [0.717, 1.165) is 17.7 Å². The minimum atomic E-state index is -0.0563. The zero-order valence-electron chi connectivity index (χ0n) is 13.3. The highest BCUT2D eigenvalue weighted by Crippen LogP contribution is 2.38. The Morgan fingerprint density at radius 2 is 2.27 bits per heavy atom. The van der Waals surface area contributed by atoms with Gasteiger partial charge in [-0.25, -0.2) is 0 Å². The monoisotopic (exact) mass is 328 g/mol. The first kappa shape index (κ1) is 18.6. The van der Waals surface area contributed by atoms with Crippen LogP contribution in [0.2, 0.25) is 0 Å². The van der Waals surface area contributed by atoms with Gasteiger partial charge in [-0.3, -0.25) is 4.79 Å². The predicted molar refractivity (Wildman–Crippen MR) is 90.2 cm³/mol. The summed E-state index contributed by atoms with van der Waals surface area (Å²) in [5, 5.41) is 2.90. The molecule has 3 N–H and O–H groups in total. The summed E-state index contributed by atoms with van der Waals surface area (Å²) < 4.78 is 11.4. The Bertz CT molecular complexity index is 520. The molecule has 1 amide bonds. The number of nitrogens with two attached hydrogens (primary N) is 1. The fourth-order valence-electron chi connectivity index (χ4n) is 2.38. The number of halogens is 1. The lowest BCUT2D eigenvalue weighted by Crippen LogP contribution is -2.19. The molecule has 6 heteroatoms. The lowest BCUT2D eigenvalue weighted by atomic mass is 10.1. The third-order valence-corrected chi connectivity index (χ3v) is 3.40. The molecule has 0 saturated heterocycles. The average molecular weight is 329 g/mol. The van der Waals surface area contributed by atoms with Crippen LogP contribution in [0.3, 0.4) is 0 Å². The summed E-state index contributed by atoms with van der Waals surface area (Å²) >= 11 is 0. The van der Waals surface area contributed by atoms with Crippen LogP contribution in [0.25, 0.3) is 0 Å². The van der Waals surface area contributed by atoms with Crippen LogP contribution in [0, 0.1) is 0 Å². The molecule has 2 rings (SSSR count). The second-order valence-corrected chi connectivity index (χ2v) is 5.59. The Morgan fingerprint density at radius 3 is 2.91 bits per heavy atom. The molecule has 0 spiro atoms. The predicted octanol–water partition coefficient (Wildman–Crippen LogP) is 2.90. The van der Waals surface area contributed by atoms with Crippen molar-refractivity contribution in [2.24, 2.45) is 5.73 Å². The van der Waals surface area contributed by atoms with Gasteiger partial charge < -0.3 is 20.5 Å². The van der Waals surface area contributed by atoms with Crippen molar-refractivity contribution in [1.29, 1.82) is 0 Å². The average Bonchev–Trinajstić information content (AvgIpc) is 2.76. The van der Waals surface area contributed by atoms with E-state index in [4.69, 9.17) is 15.2 Å². The maximum absolute atomic E-state index is 12.0. The van der Waals surface area contributed by atoms with E-state index in [1.807, 2.05) is 32.9 Å². The fourth-order valence-corrected chi connectivity index (χ4v) is 2.38. The number of carbonyl (C=O) groups is 1. The Kier molecular flexibility index (Phi) is 6.97. The second kappa shape index (κ2) is 8.25. The topological polar surface area (TPSA) is 73.6 Å². The normalized spacial score (nSPS) is 17.0. The number of nitrogens with one attached hydrogen (secondary N) is 1. The van der Waals surface area contributed by atoms with E-state index in [9.17, 15) is 4.79 Å². The van der Waals surface area contributed by atoms with Gasteiger partial charge in [0.1, 0.15) is 17.6 Å². The van der Waals surface area contributed by atoms with Crippen molar-refractivity contribution >= 4 is 24.0 Å². The molecule has 0 fully saturated rings. The van der Waals surface area contributed by atoms with Gasteiger partial charge in [0.15, 0.2) is 0 Å². The van der Waals surface area contributed by atoms with E-state index in [1.165, 1.54) is 0 Å². The second-order valence-electron chi connectivity index (χ2n) is 5.59. The van der Waals surface area contributed by atoms with Crippen LogP contribution in [0.1, 0.15) is 39.2 Å². The van der Waals surface area contributed by atoms with Crippen molar-refractivity contribution in [2.45, 2.75) is 52.2 Å². The van der Waals surface area contributed by atoms with Gasteiger partial charge >= 0.3 is 0 Å². The summed E-state index contributed by atoms with van der Waals surface area (Å²) in [5.74, 6) is 1.47. The number of hydrogen-bond acceptors (Lipinski definition) is 4. The Balaban J connectivity index is 0.00000242. The van der Waals surface area contributed by atoms with Crippen molar-refractivity contribution in [3.63, 3.8) is 0 Å². The zero-order valence-corrected chi connectivity index (χ0v) is 14.2. The number of ether oxygens (including phenoxy) is 2. The van der Waals surface area contributed by atoms with Gasteiger partial charge in [-0.2, -0.15) is 0 Å². The van der Waals surface area contributed by atoms with Gasteiger partial charge in [0.25, 0.3) is 0 Å². The third kappa shape index (κ3) is 4.78. The molecular weight excluding hydrogens is 304 g/mol. The molecule has 0 bridgehead atoms. The van der Waals surface area contributed by atoms with Crippen LogP contribution in [0.5, 0.6) is 11.5 Å². The highest BCUT2D eigenvalue weighted by Gasteiger charge is 2.22. The molecule has 1 aromatic carbocycles. The number of anilines is 1. The number of amides is 1. The Labute approximate surface area is 138 Å². The van der Waals surface area contributed by atoms with Crippen molar-refractivity contribution in [3.8, 4) is 11.5 Å². The number of fused-ring (bicyclic) bond motifs is 1. The van der Waals surface area contributed by atoms with Crippen LogP contribution >= 0.6 is 12.4 Å². The van der Waals surface area contributed by atoms with Gasteiger partial charge in [-0.1, -0.05) is 0 Å². The lowest BCUT2D eigenvalue weighted by Gasteiger charge is -2.14. The first-order valence-corrected chi connectivity index (χ1v) is 7.51. The summed E-state index contributed by atoms with van der Waals surface area (Å²) in [6.45, 7) is 6.40. The summed E-state index contributed by atoms with van der Waals surface area (Å²) in [7, 11) is 0. The molecule has 2 unspecified atom stereocenters. The van der Waals surface area contributed by atoms with E-state index in [1.54, 1.807) is 0 Å². The third-order valence-electron chi connectivity index (χ3n) is 3.40. The number of rotatable bonds is 6. The highest BCUT2D eigenvalue weighted by molar-refractivity contribution is 5.92. The zero-order chi connectivity index (χ0) is 15.4. The molecule has 0 radical (unpaired) electrons. The summed E-state index contributed by atoms with van der Waals surface area (Å²) in [6, 6.07) is 3.84. The van der Waals surface area contributed by atoms with Crippen LogP contribution in [-0.2, 0) is 11.2 Å². The summed E-state index contributed by atoms with van der Waals surface area (Å²) in [4.78, 5) is 12.0. The molecule has 5 nitrogen and oxygen atoms in total. The molecule has 2 atom stereocenters. The minimum Gasteiger partial charge on any atom is -0.492 e. The molecule has 0 aromatic heterocycles. The highest BCUT2D eigenvalue weighted by atomic mass is 35.5.